The third kappa shape index (κ3) is 3.65. The van der Waals surface area contributed by atoms with E-state index in [4.69, 9.17) is 32.5 Å². The molecule has 0 amide bonds. The Bertz CT molecular complexity index is 1370. The average molecular weight is 476 g/mol. The zero-order chi connectivity index (χ0) is 23.0. The number of ether oxygens (including phenoxy) is 2. The standard InChI is InChI=1S/C21H22ClN5O4S/c1-30-18-9-7-13(11-19(18)31-2)32(28,29)27-16-8-6-12(22)10-14(16)20-15(25-26-21(23)24)4-3-5-17(20)27/h6-11H,3-5H2,1-2H3,(H4,23,24,26)/b25-15+. The van der Waals surface area contributed by atoms with Gasteiger partial charge in [-0.3, -0.25) is 0 Å². The highest BCUT2D eigenvalue weighted by Gasteiger charge is 2.31. The van der Waals surface area contributed by atoms with Crippen LogP contribution in [0.3, 0.4) is 0 Å². The number of hydrogen-bond donors (Lipinski definition) is 2. The molecule has 0 saturated carbocycles. The van der Waals surface area contributed by atoms with Crippen molar-refractivity contribution in [3.63, 3.8) is 0 Å². The highest BCUT2D eigenvalue weighted by atomic mass is 35.5. The van der Waals surface area contributed by atoms with Crippen LogP contribution in [0.4, 0.5) is 0 Å². The zero-order valence-electron chi connectivity index (χ0n) is 17.5. The minimum absolute atomic E-state index is 0.0677. The lowest BCUT2D eigenvalue weighted by Crippen LogP contribution is -2.23. The Balaban J connectivity index is 2.02. The van der Waals surface area contributed by atoms with E-state index in [2.05, 4.69) is 10.2 Å². The summed E-state index contributed by atoms with van der Waals surface area (Å²) in [5, 5.41) is 9.12. The SMILES string of the molecule is COc1ccc(S(=O)(=O)n2c3c(c4cc(Cl)ccc42)/C(=N/N=C(N)N)CCC3)cc1OC. The van der Waals surface area contributed by atoms with Crippen molar-refractivity contribution in [1.82, 2.24) is 3.97 Å². The molecule has 0 radical (unpaired) electrons. The minimum atomic E-state index is -3.99. The lowest BCUT2D eigenvalue weighted by atomic mass is 9.94. The predicted octanol–water partition coefficient (Wildman–Crippen LogP) is 2.86. The van der Waals surface area contributed by atoms with E-state index in [-0.39, 0.29) is 10.9 Å². The average Bonchev–Trinajstić information content (AvgIpc) is 3.11. The molecular formula is C21H22ClN5O4S. The summed E-state index contributed by atoms with van der Waals surface area (Å²) in [6.07, 6.45) is 1.83. The van der Waals surface area contributed by atoms with E-state index in [1.165, 1.54) is 30.3 Å². The van der Waals surface area contributed by atoms with Crippen molar-refractivity contribution in [2.75, 3.05) is 14.2 Å². The largest absolute Gasteiger partial charge is 0.493 e. The van der Waals surface area contributed by atoms with Crippen molar-refractivity contribution < 1.29 is 17.9 Å². The van der Waals surface area contributed by atoms with Crippen molar-refractivity contribution in [1.29, 1.82) is 0 Å². The Morgan fingerprint density at radius 3 is 2.50 bits per heavy atom. The summed E-state index contributed by atoms with van der Waals surface area (Å²) in [6, 6.07) is 9.57. The number of hydrogen-bond acceptors (Lipinski definition) is 6. The monoisotopic (exact) mass is 475 g/mol. The maximum absolute atomic E-state index is 13.8. The molecule has 2 aromatic carbocycles. The summed E-state index contributed by atoms with van der Waals surface area (Å²) in [5.41, 5.74) is 13.3. The summed E-state index contributed by atoms with van der Waals surface area (Å²) in [5.74, 6) is 0.575. The van der Waals surface area contributed by atoms with Gasteiger partial charge in [-0.1, -0.05) is 11.6 Å². The fourth-order valence-corrected chi connectivity index (χ4v) is 5.73. The summed E-state index contributed by atoms with van der Waals surface area (Å²) in [6.45, 7) is 0. The number of guanidine groups is 1. The van der Waals surface area contributed by atoms with Gasteiger partial charge in [0.25, 0.3) is 10.0 Å². The van der Waals surface area contributed by atoms with Crippen LogP contribution < -0.4 is 20.9 Å². The molecule has 0 bridgehead atoms. The van der Waals surface area contributed by atoms with Gasteiger partial charge in [0.2, 0.25) is 5.96 Å². The van der Waals surface area contributed by atoms with E-state index in [9.17, 15) is 8.42 Å². The van der Waals surface area contributed by atoms with Crippen molar-refractivity contribution >= 4 is 44.2 Å². The first-order valence-electron chi connectivity index (χ1n) is 9.74. The van der Waals surface area contributed by atoms with Crippen LogP contribution in [0.15, 0.2) is 51.5 Å². The number of benzene rings is 2. The van der Waals surface area contributed by atoms with Crippen molar-refractivity contribution in [2.45, 2.75) is 24.2 Å². The normalized spacial score (nSPS) is 14.9. The predicted molar refractivity (Wildman–Crippen MR) is 124 cm³/mol. The quantitative estimate of drug-likeness (QED) is 0.331. The number of fused-ring (bicyclic) bond motifs is 3. The van der Waals surface area contributed by atoms with Gasteiger partial charge >= 0.3 is 0 Å². The molecule has 0 fully saturated rings. The second-order valence-electron chi connectivity index (χ2n) is 7.19. The van der Waals surface area contributed by atoms with E-state index in [1.54, 1.807) is 24.3 Å². The Morgan fingerprint density at radius 1 is 1.06 bits per heavy atom. The van der Waals surface area contributed by atoms with Crippen LogP contribution in [0.25, 0.3) is 10.9 Å². The van der Waals surface area contributed by atoms with Gasteiger partial charge in [0.15, 0.2) is 11.5 Å². The van der Waals surface area contributed by atoms with Gasteiger partial charge in [-0.15, -0.1) is 5.10 Å². The Morgan fingerprint density at radius 2 is 1.81 bits per heavy atom. The number of rotatable bonds is 5. The van der Waals surface area contributed by atoms with Gasteiger partial charge in [-0.2, -0.15) is 5.10 Å². The van der Waals surface area contributed by atoms with Gasteiger partial charge in [0, 0.05) is 27.7 Å². The lowest BCUT2D eigenvalue weighted by molar-refractivity contribution is 0.354. The highest BCUT2D eigenvalue weighted by Crippen LogP contribution is 2.38. The van der Waals surface area contributed by atoms with E-state index in [0.717, 1.165) is 0 Å². The van der Waals surface area contributed by atoms with Crippen molar-refractivity contribution in [2.24, 2.45) is 21.7 Å². The number of nitrogens with two attached hydrogens (primary N) is 2. The first kappa shape index (κ1) is 22.0. The number of halogens is 1. The van der Waals surface area contributed by atoms with Gasteiger partial charge < -0.3 is 20.9 Å². The summed E-state index contributed by atoms with van der Waals surface area (Å²) in [4.78, 5) is 0.0677. The fraction of sp³-hybridized carbons (Fsp3) is 0.238. The molecule has 0 saturated heterocycles. The molecule has 11 heteroatoms. The van der Waals surface area contributed by atoms with Gasteiger partial charge in [0.1, 0.15) is 0 Å². The van der Waals surface area contributed by atoms with E-state index in [1.807, 2.05) is 0 Å². The molecule has 0 aliphatic heterocycles. The molecule has 168 valence electrons. The van der Waals surface area contributed by atoms with E-state index < -0.39 is 10.0 Å². The van der Waals surface area contributed by atoms with Crippen LogP contribution in [0.5, 0.6) is 11.5 Å². The Labute approximate surface area is 190 Å². The van der Waals surface area contributed by atoms with Gasteiger partial charge in [0.05, 0.1) is 30.3 Å². The third-order valence-corrected chi connectivity index (χ3v) is 7.26. The molecule has 9 nitrogen and oxygen atoms in total. The highest BCUT2D eigenvalue weighted by molar-refractivity contribution is 7.90. The number of methoxy groups -OCH3 is 2. The molecule has 3 aromatic rings. The van der Waals surface area contributed by atoms with Crippen molar-refractivity contribution in [3.05, 3.63) is 52.7 Å². The molecule has 1 heterocycles. The Kier molecular flexibility index (Phi) is 5.74. The van der Waals surface area contributed by atoms with Crippen LogP contribution in [0.2, 0.25) is 5.02 Å². The molecule has 1 aliphatic rings. The molecule has 1 aromatic heterocycles. The molecule has 0 atom stereocenters. The molecule has 0 spiro atoms. The Hall–Kier alpha value is -3.24. The summed E-state index contributed by atoms with van der Waals surface area (Å²) >= 11 is 6.25. The van der Waals surface area contributed by atoms with Crippen LogP contribution in [-0.2, 0) is 16.4 Å². The minimum Gasteiger partial charge on any atom is -0.493 e. The zero-order valence-corrected chi connectivity index (χ0v) is 19.1. The van der Waals surface area contributed by atoms with Crippen LogP contribution in [0.1, 0.15) is 24.1 Å². The smallest absolute Gasteiger partial charge is 0.268 e. The summed E-state index contributed by atoms with van der Waals surface area (Å²) in [7, 11) is -1.05. The maximum atomic E-state index is 13.8. The van der Waals surface area contributed by atoms with E-state index >= 15 is 0 Å². The maximum Gasteiger partial charge on any atom is 0.268 e. The second kappa shape index (κ2) is 8.36. The molecule has 4 rings (SSSR count). The molecule has 0 unspecified atom stereocenters. The van der Waals surface area contributed by atoms with Crippen LogP contribution in [-0.4, -0.2) is 38.3 Å². The van der Waals surface area contributed by atoms with Gasteiger partial charge in [-0.25, -0.2) is 12.4 Å². The van der Waals surface area contributed by atoms with E-state index in [0.29, 0.717) is 63.7 Å². The third-order valence-electron chi connectivity index (χ3n) is 5.28. The first-order valence-corrected chi connectivity index (χ1v) is 11.6. The molecule has 4 N–H and O–H groups in total. The number of aromatic nitrogens is 1. The molecule has 1 aliphatic carbocycles. The van der Waals surface area contributed by atoms with Gasteiger partial charge in [-0.05, 0) is 49.6 Å². The molecule has 32 heavy (non-hydrogen) atoms. The number of nitrogens with zero attached hydrogens (tertiary/aromatic N) is 3. The van der Waals surface area contributed by atoms with Crippen LogP contribution in [0, 0.1) is 0 Å². The van der Waals surface area contributed by atoms with Crippen LogP contribution >= 0.6 is 11.6 Å². The first-order chi connectivity index (χ1) is 15.3. The second-order valence-corrected chi connectivity index (χ2v) is 9.42. The topological polar surface area (TPSA) is 134 Å². The fourth-order valence-electron chi connectivity index (χ4n) is 3.96. The lowest BCUT2D eigenvalue weighted by Gasteiger charge is -2.18. The van der Waals surface area contributed by atoms with Crippen molar-refractivity contribution in [3.8, 4) is 11.5 Å². The summed E-state index contributed by atoms with van der Waals surface area (Å²) < 4.78 is 39.6. The molecular weight excluding hydrogens is 454 g/mol.